The molecule has 1 aliphatic rings. The Labute approximate surface area is 153 Å². The van der Waals surface area contributed by atoms with Crippen LogP contribution in [-0.4, -0.2) is 11.6 Å². The highest BCUT2D eigenvalue weighted by molar-refractivity contribution is 5.92. The first-order chi connectivity index (χ1) is 12.6. The number of fused-ring (bicyclic) bond motifs is 2. The highest BCUT2D eigenvalue weighted by Crippen LogP contribution is 2.37. The lowest BCUT2D eigenvalue weighted by atomic mass is 10.0. The summed E-state index contributed by atoms with van der Waals surface area (Å²) in [7, 11) is 2.13. The van der Waals surface area contributed by atoms with Crippen molar-refractivity contribution in [2.24, 2.45) is 0 Å². The molecule has 26 heavy (non-hydrogen) atoms. The van der Waals surface area contributed by atoms with Gasteiger partial charge in [0.2, 0.25) is 0 Å². The van der Waals surface area contributed by atoms with E-state index in [1.165, 1.54) is 28.0 Å². The van der Waals surface area contributed by atoms with Crippen LogP contribution in [0.1, 0.15) is 25.3 Å². The first kappa shape index (κ1) is 15.2. The SMILES string of the molecule is CC(C)c1ccc(-n2[c-][n+]3c4c(cccc42)N(C)c2ccccc2-3)cc1. The van der Waals surface area contributed by atoms with E-state index in [0.29, 0.717) is 5.92 Å². The Kier molecular flexibility index (Phi) is 3.20. The number of aromatic nitrogens is 2. The highest BCUT2D eigenvalue weighted by atomic mass is 15.2. The smallest absolute Gasteiger partial charge is 0.269 e. The van der Waals surface area contributed by atoms with Gasteiger partial charge in [-0.15, -0.1) is 0 Å². The molecule has 3 aromatic carbocycles. The van der Waals surface area contributed by atoms with Crippen molar-refractivity contribution >= 4 is 22.4 Å². The van der Waals surface area contributed by atoms with Crippen LogP contribution < -0.4 is 9.47 Å². The largest absolute Gasteiger partial charge is 0.351 e. The third kappa shape index (κ3) is 2.03. The molecular formula is C23H21N3. The Morgan fingerprint density at radius 2 is 1.58 bits per heavy atom. The topological polar surface area (TPSA) is 12.0 Å². The van der Waals surface area contributed by atoms with Crippen LogP contribution in [0.2, 0.25) is 0 Å². The zero-order valence-corrected chi connectivity index (χ0v) is 15.3. The van der Waals surface area contributed by atoms with Crippen molar-refractivity contribution in [2.45, 2.75) is 19.8 Å². The lowest BCUT2D eigenvalue weighted by Gasteiger charge is -2.28. The van der Waals surface area contributed by atoms with Crippen molar-refractivity contribution in [3.63, 3.8) is 0 Å². The molecule has 0 aliphatic carbocycles. The number of imidazole rings is 1. The van der Waals surface area contributed by atoms with Crippen LogP contribution in [0, 0.1) is 6.33 Å². The summed E-state index contributed by atoms with van der Waals surface area (Å²) >= 11 is 0. The average Bonchev–Trinajstić information content (AvgIpc) is 3.07. The molecule has 5 rings (SSSR count). The fraction of sp³-hybridized carbons (Fsp3) is 0.174. The lowest BCUT2D eigenvalue weighted by molar-refractivity contribution is -0.572. The maximum atomic E-state index is 3.58. The summed E-state index contributed by atoms with van der Waals surface area (Å²) in [4.78, 5) is 2.26. The van der Waals surface area contributed by atoms with Gasteiger partial charge in [-0.1, -0.05) is 50.2 Å². The second-order valence-corrected chi connectivity index (χ2v) is 7.21. The van der Waals surface area contributed by atoms with E-state index in [1.54, 1.807) is 0 Å². The summed E-state index contributed by atoms with van der Waals surface area (Å²) in [5.41, 5.74) is 8.42. The number of nitrogens with zero attached hydrogens (tertiary/aromatic N) is 3. The van der Waals surface area contributed by atoms with Crippen LogP contribution in [0.15, 0.2) is 66.7 Å². The van der Waals surface area contributed by atoms with Gasteiger partial charge in [0, 0.05) is 12.7 Å². The van der Waals surface area contributed by atoms with Gasteiger partial charge in [0.1, 0.15) is 5.52 Å². The minimum Gasteiger partial charge on any atom is -0.351 e. The van der Waals surface area contributed by atoms with Gasteiger partial charge in [-0.05, 0) is 41.8 Å². The van der Waals surface area contributed by atoms with Crippen molar-refractivity contribution in [3.05, 3.63) is 78.6 Å². The molecule has 128 valence electrons. The summed E-state index contributed by atoms with van der Waals surface area (Å²) in [5, 5.41) is 0. The molecule has 0 N–H and O–H groups in total. The van der Waals surface area contributed by atoms with Crippen LogP contribution in [0.25, 0.3) is 22.4 Å². The maximum absolute atomic E-state index is 3.58. The molecule has 0 saturated heterocycles. The normalized spacial score (nSPS) is 12.7. The number of hydrogen-bond donors (Lipinski definition) is 0. The Balaban J connectivity index is 1.79. The van der Waals surface area contributed by atoms with Crippen LogP contribution >= 0.6 is 0 Å². The second-order valence-electron chi connectivity index (χ2n) is 7.21. The first-order valence-corrected chi connectivity index (χ1v) is 9.07. The third-order valence-electron chi connectivity index (χ3n) is 5.32. The van der Waals surface area contributed by atoms with Gasteiger partial charge in [-0.3, -0.25) is 9.13 Å². The van der Waals surface area contributed by atoms with Gasteiger partial charge in [0.15, 0.2) is 0 Å². The van der Waals surface area contributed by atoms with E-state index in [-0.39, 0.29) is 0 Å². The molecule has 0 fully saturated rings. The molecule has 0 unspecified atom stereocenters. The molecule has 0 saturated carbocycles. The Hall–Kier alpha value is -3.07. The van der Waals surface area contributed by atoms with E-state index >= 15 is 0 Å². The lowest BCUT2D eigenvalue weighted by Crippen LogP contribution is -2.36. The number of rotatable bonds is 2. The molecule has 0 spiro atoms. The standard InChI is InChI=1S/C23H21N3/c1-16(2)17-11-13-18(14-12-17)25-15-26-20-8-5-4-7-19(20)24(3)21-9-6-10-22(25)23(21)26/h4-14,16H,1-3H3. The predicted octanol–water partition coefficient (Wildman–Crippen LogP) is 4.91. The highest BCUT2D eigenvalue weighted by Gasteiger charge is 2.24. The van der Waals surface area contributed by atoms with E-state index in [1.807, 2.05) is 0 Å². The van der Waals surface area contributed by atoms with Crippen molar-refractivity contribution in [1.29, 1.82) is 0 Å². The fourth-order valence-corrected chi connectivity index (χ4v) is 3.85. The van der Waals surface area contributed by atoms with Crippen LogP contribution in [0.5, 0.6) is 0 Å². The summed E-state index contributed by atoms with van der Waals surface area (Å²) in [6, 6.07) is 23.8. The van der Waals surface area contributed by atoms with Crippen molar-refractivity contribution in [1.82, 2.24) is 4.57 Å². The van der Waals surface area contributed by atoms with Gasteiger partial charge >= 0.3 is 0 Å². The van der Waals surface area contributed by atoms with Gasteiger partial charge in [-0.2, -0.15) is 0 Å². The van der Waals surface area contributed by atoms with Crippen LogP contribution in [0.3, 0.4) is 0 Å². The number of para-hydroxylation sites is 3. The second kappa shape index (κ2) is 5.46. The summed E-state index contributed by atoms with van der Waals surface area (Å²) in [6.45, 7) is 4.45. The van der Waals surface area contributed by atoms with Gasteiger partial charge in [-0.25, -0.2) is 0 Å². The zero-order valence-electron chi connectivity index (χ0n) is 15.3. The Morgan fingerprint density at radius 3 is 2.35 bits per heavy atom. The Morgan fingerprint density at radius 1 is 0.846 bits per heavy atom. The van der Waals surface area contributed by atoms with Crippen LogP contribution in [-0.2, 0) is 0 Å². The Bertz CT molecular complexity index is 1120. The summed E-state index contributed by atoms with van der Waals surface area (Å²) < 4.78 is 4.36. The molecule has 2 heterocycles. The number of hydrogen-bond acceptors (Lipinski definition) is 1. The van der Waals surface area contributed by atoms with Gasteiger partial charge in [0.25, 0.3) is 6.33 Å². The molecule has 0 atom stereocenters. The predicted molar refractivity (Wildman–Crippen MR) is 106 cm³/mol. The molecular weight excluding hydrogens is 318 g/mol. The van der Waals surface area contributed by atoms with Crippen molar-refractivity contribution < 1.29 is 4.57 Å². The summed E-state index contributed by atoms with van der Waals surface area (Å²) in [6.07, 6.45) is 3.58. The third-order valence-corrected chi connectivity index (χ3v) is 5.32. The molecule has 0 radical (unpaired) electrons. The minimum atomic E-state index is 0.536. The number of anilines is 2. The van der Waals surface area contributed by atoms with Gasteiger partial charge < -0.3 is 4.90 Å². The molecule has 0 amide bonds. The van der Waals surface area contributed by atoms with Gasteiger partial charge in [0.05, 0.1) is 22.6 Å². The molecule has 4 aromatic rings. The molecule has 3 nitrogen and oxygen atoms in total. The minimum absolute atomic E-state index is 0.536. The van der Waals surface area contributed by atoms with E-state index in [2.05, 4.69) is 108 Å². The maximum Gasteiger partial charge on any atom is 0.269 e. The van der Waals surface area contributed by atoms with Crippen molar-refractivity contribution in [3.8, 4) is 11.4 Å². The molecule has 1 aromatic heterocycles. The molecule has 3 heteroatoms. The fourth-order valence-electron chi connectivity index (χ4n) is 3.85. The van der Waals surface area contributed by atoms with E-state index in [0.717, 1.165) is 11.4 Å². The quantitative estimate of drug-likeness (QED) is 0.373. The first-order valence-electron chi connectivity index (χ1n) is 9.07. The molecule has 0 bridgehead atoms. The van der Waals surface area contributed by atoms with E-state index in [4.69, 9.17) is 0 Å². The zero-order chi connectivity index (χ0) is 17.8. The number of benzene rings is 3. The van der Waals surface area contributed by atoms with E-state index in [9.17, 15) is 0 Å². The average molecular weight is 339 g/mol. The summed E-state index contributed by atoms with van der Waals surface area (Å²) in [5.74, 6) is 0.536. The van der Waals surface area contributed by atoms with Crippen LogP contribution in [0.4, 0.5) is 11.4 Å². The van der Waals surface area contributed by atoms with Crippen molar-refractivity contribution in [2.75, 3.05) is 11.9 Å². The van der Waals surface area contributed by atoms with E-state index < -0.39 is 0 Å². The molecule has 1 aliphatic heterocycles. The monoisotopic (exact) mass is 339 g/mol.